The zero-order chi connectivity index (χ0) is 19.7. The summed E-state index contributed by atoms with van der Waals surface area (Å²) in [5, 5.41) is 50.9. The highest BCUT2D eigenvalue weighted by Gasteiger charge is 2.48. The molecule has 2 atom stereocenters. The van der Waals surface area contributed by atoms with Crippen molar-refractivity contribution < 1.29 is 39.9 Å². The minimum Gasteiger partial charge on any atom is -0.511 e. The third-order valence-electron chi connectivity index (χ3n) is 4.05. The van der Waals surface area contributed by atoms with Crippen molar-refractivity contribution in [2.24, 2.45) is 10.7 Å². The molecule has 142 valence electrons. The van der Waals surface area contributed by atoms with Gasteiger partial charge < -0.3 is 35.3 Å². The van der Waals surface area contributed by atoms with Gasteiger partial charge in [-0.1, -0.05) is 19.1 Å². The summed E-state index contributed by atoms with van der Waals surface area (Å²) in [6, 6.07) is 5.74. The van der Waals surface area contributed by atoms with Crippen molar-refractivity contribution in [3.63, 3.8) is 0 Å². The van der Waals surface area contributed by atoms with Gasteiger partial charge in [-0.3, -0.25) is 0 Å². The molecule has 2 rings (SSSR count). The lowest BCUT2D eigenvalue weighted by atomic mass is 9.76. The Kier molecular flexibility index (Phi) is 5.60. The van der Waals surface area contributed by atoms with Crippen molar-refractivity contribution >= 4 is 13.5 Å². The monoisotopic (exact) mass is 385 g/mol. The van der Waals surface area contributed by atoms with E-state index in [1.807, 2.05) is 0 Å². The molecule has 10 heteroatoms. The molecular formula is C16H20NO8P. The van der Waals surface area contributed by atoms with Gasteiger partial charge in [-0.2, -0.15) is 4.76 Å². The van der Waals surface area contributed by atoms with Crippen molar-refractivity contribution in [1.82, 2.24) is 0 Å². The number of nitrogens with zero attached hydrogens (tertiary/aromatic N) is 1. The number of hydrogen-bond acceptors (Lipinski definition) is 6. The molecular weight excluding hydrogens is 365 g/mol. The fourth-order valence-corrected chi connectivity index (χ4v) is 3.53. The summed E-state index contributed by atoms with van der Waals surface area (Å²) >= 11 is 0. The standard InChI is InChI=1S/C16H20NO8P/c1-2-12(9-4-3-5-10(18)6-9)16(21,22)15-13(17-26(23,24)25)7-11(19)8-14(15)20/h3-8,12,15,18-22H,2H2,1H3,(H2,23,24,25)/b17-13+. The molecule has 0 saturated carbocycles. The first kappa shape index (κ1) is 20.2. The molecule has 1 aromatic rings. The Morgan fingerprint density at radius 1 is 1.19 bits per heavy atom. The van der Waals surface area contributed by atoms with E-state index < -0.39 is 42.6 Å². The number of rotatable bonds is 5. The van der Waals surface area contributed by atoms with Crippen LogP contribution in [0.2, 0.25) is 0 Å². The summed E-state index contributed by atoms with van der Waals surface area (Å²) in [6.07, 6.45) is 1.82. The molecule has 9 nitrogen and oxygen atoms in total. The van der Waals surface area contributed by atoms with Crippen LogP contribution in [0, 0.1) is 5.92 Å². The fourth-order valence-electron chi connectivity index (χ4n) is 3.06. The van der Waals surface area contributed by atoms with Crippen LogP contribution in [-0.4, -0.2) is 46.8 Å². The van der Waals surface area contributed by atoms with E-state index in [1.165, 1.54) is 24.3 Å². The molecule has 1 aliphatic carbocycles. The summed E-state index contributed by atoms with van der Waals surface area (Å²) in [6.45, 7) is 1.63. The van der Waals surface area contributed by atoms with Crippen LogP contribution in [0.1, 0.15) is 24.8 Å². The van der Waals surface area contributed by atoms with E-state index in [1.54, 1.807) is 6.92 Å². The molecule has 0 radical (unpaired) electrons. The summed E-state index contributed by atoms with van der Waals surface area (Å²) in [5.41, 5.74) is -0.251. The van der Waals surface area contributed by atoms with Crippen LogP contribution >= 0.6 is 7.75 Å². The van der Waals surface area contributed by atoms with Crippen LogP contribution in [0.3, 0.4) is 0 Å². The van der Waals surface area contributed by atoms with E-state index in [0.717, 1.165) is 12.2 Å². The predicted octanol–water partition coefficient (Wildman–Crippen LogP) is 1.61. The SMILES string of the molecule is CCC(c1cccc(O)c1)C(O)(O)C1C(O)=CC(O)=C/C1=N\P(=O)(O)O. The summed E-state index contributed by atoms with van der Waals surface area (Å²) < 4.78 is 14.4. The number of phenols is 1. The fraction of sp³-hybridized carbons (Fsp3) is 0.312. The average Bonchev–Trinajstić information content (AvgIpc) is 2.44. The van der Waals surface area contributed by atoms with Gasteiger partial charge in [0, 0.05) is 18.1 Å². The van der Waals surface area contributed by atoms with Gasteiger partial charge in [0.2, 0.25) is 0 Å². The van der Waals surface area contributed by atoms with Crippen molar-refractivity contribution in [1.29, 1.82) is 0 Å². The molecule has 1 aliphatic rings. The van der Waals surface area contributed by atoms with E-state index >= 15 is 0 Å². The third kappa shape index (κ3) is 4.32. The summed E-state index contributed by atoms with van der Waals surface area (Å²) in [4.78, 5) is 18.2. The van der Waals surface area contributed by atoms with Crippen LogP contribution in [0.4, 0.5) is 0 Å². The number of aliphatic hydroxyl groups is 4. The minimum absolute atomic E-state index is 0.109. The Bertz CT molecular complexity index is 823. The number of aliphatic hydroxyl groups excluding tert-OH is 2. The van der Waals surface area contributed by atoms with Crippen molar-refractivity contribution in [2.75, 3.05) is 0 Å². The average molecular weight is 385 g/mol. The van der Waals surface area contributed by atoms with E-state index in [-0.39, 0.29) is 12.2 Å². The Hall–Kier alpha value is -2.16. The van der Waals surface area contributed by atoms with Gasteiger partial charge in [0.15, 0.2) is 5.79 Å². The Labute approximate surface area is 149 Å². The predicted molar refractivity (Wildman–Crippen MR) is 92.7 cm³/mol. The lowest BCUT2D eigenvalue weighted by Crippen LogP contribution is -2.48. The van der Waals surface area contributed by atoms with Gasteiger partial charge >= 0.3 is 7.75 Å². The topological polar surface area (TPSA) is 171 Å². The van der Waals surface area contributed by atoms with Gasteiger partial charge in [-0.05, 0) is 24.1 Å². The van der Waals surface area contributed by atoms with Crippen LogP contribution in [0.25, 0.3) is 0 Å². The quantitative estimate of drug-likeness (QED) is 0.296. The second kappa shape index (κ2) is 7.22. The number of allylic oxidation sites excluding steroid dienone is 2. The molecule has 0 aromatic heterocycles. The van der Waals surface area contributed by atoms with Gasteiger partial charge in [-0.15, -0.1) is 0 Å². The van der Waals surface area contributed by atoms with Gasteiger partial charge in [-0.25, -0.2) is 4.57 Å². The van der Waals surface area contributed by atoms with E-state index in [2.05, 4.69) is 4.76 Å². The molecule has 0 fully saturated rings. The number of aromatic hydroxyl groups is 1. The van der Waals surface area contributed by atoms with E-state index in [0.29, 0.717) is 5.56 Å². The summed E-state index contributed by atoms with van der Waals surface area (Å²) in [7, 11) is -4.98. The molecule has 0 spiro atoms. The molecule has 0 amide bonds. The molecule has 26 heavy (non-hydrogen) atoms. The molecule has 0 heterocycles. The lowest BCUT2D eigenvalue weighted by Gasteiger charge is -2.38. The highest BCUT2D eigenvalue weighted by Crippen LogP contribution is 2.44. The van der Waals surface area contributed by atoms with Crippen molar-refractivity contribution in [3.8, 4) is 5.75 Å². The zero-order valence-electron chi connectivity index (χ0n) is 13.8. The first-order chi connectivity index (χ1) is 12.0. The third-order valence-corrected chi connectivity index (χ3v) is 4.54. The van der Waals surface area contributed by atoms with E-state index in [4.69, 9.17) is 9.79 Å². The molecule has 7 N–H and O–H groups in total. The minimum atomic E-state index is -4.98. The highest BCUT2D eigenvalue weighted by atomic mass is 31.2. The highest BCUT2D eigenvalue weighted by molar-refractivity contribution is 7.50. The second-order valence-corrected chi connectivity index (χ2v) is 7.18. The van der Waals surface area contributed by atoms with Crippen molar-refractivity contribution in [3.05, 3.63) is 53.5 Å². The van der Waals surface area contributed by atoms with Crippen LogP contribution in [-0.2, 0) is 4.57 Å². The molecule has 2 unspecified atom stereocenters. The zero-order valence-corrected chi connectivity index (χ0v) is 14.7. The van der Waals surface area contributed by atoms with Crippen molar-refractivity contribution in [2.45, 2.75) is 25.0 Å². The first-order valence-electron chi connectivity index (χ1n) is 7.66. The van der Waals surface area contributed by atoms with Crippen LogP contribution < -0.4 is 0 Å². The molecule has 0 saturated heterocycles. The van der Waals surface area contributed by atoms with E-state index in [9.17, 15) is 30.1 Å². The summed E-state index contributed by atoms with van der Waals surface area (Å²) in [5.74, 6) is -6.88. The lowest BCUT2D eigenvalue weighted by molar-refractivity contribution is -0.199. The van der Waals surface area contributed by atoms with Gasteiger partial charge in [0.1, 0.15) is 23.2 Å². The Balaban J connectivity index is 2.58. The molecule has 0 aliphatic heterocycles. The van der Waals surface area contributed by atoms with Crippen LogP contribution in [0.15, 0.2) is 52.7 Å². The normalized spacial score (nSPS) is 21.3. The molecule has 1 aromatic carbocycles. The Morgan fingerprint density at radius 3 is 2.38 bits per heavy atom. The Morgan fingerprint density at radius 2 is 1.85 bits per heavy atom. The van der Waals surface area contributed by atoms with Gasteiger partial charge in [0.25, 0.3) is 0 Å². The smallest absolute Gasteiger partial charge is 0.448 e. The number of hydrogen-bond donors (Lipinski definition) is 7. The number of benzene rings is 1. The maximum atomic E-state index is 11.2. The van der Waals surface area contributed by atoms with Crippen LogP contribution in [0.5, 0.6) is 5.75 Å². The maximum Gasteiger partial charge on any atom is 0.448 e. The van der Waals surface area contributed by atoms with Gasteiger partial charge in [0.05, 0.1) is 5.71 Å². The second-order valence-electron chi connectivity index (χ2n) is 5.95. The largest absolute Gasteiger partial charge is 0.511 e. The maximum absolute atomic E-state index is 11.2. The first-order valence-corrected chi connectivity index (χ1v) is 9.22. The number of phenolic OH excluding ortho intramolecular Hbond substituents is 1. The molecule has 0 bridgehead atoms.